The van der Waals surface area contributed by atoms with Crippen molar-refractivity contribution in [2.75, 3.05) is 14.2 Å². The normalized spacial score (nSPS) is 19.6. The summed E-state index contributed by atoms with van der Waals surface area (Å²) in [5.74, 6) is -1.79. The van der Waals surface area contributed by atoms with Crippen molar-refractivity contribution < 1.29 is 23.5 Å². The van der Waals surface area contributed by atoms with Crippen LogP contribution in [0.25, 0.3) is 0 Å². The number of allylic oxidation sites excluding steroid dienone is 1. The highest BCUT2D eigenvalue weighted by atomic mass is 19.1. The van der Waals surface area contributed by atoms with Crippen molar-refractivity contribution in [3.05, 3.63) is 47.8 Å². The van der Waals surface area contributed by atoms with Crippen molar-refractivity contribution in [2.24, 2.45) is 5.41 Å². The second-order valence-corrected chi connectivity index (χ2v) is 4.68. The van der Waals surface area contributed by atoms with Crippen molar-refractivity contribution in [1.82, 2.24) is 0 Å². The van der Waals surface area contributed by atoms with Gasteiger partial charge in [-0.2, -0.15) is 0 Å². The molecule has 20 heavy (non-hydrogen) atoms. The van der Waals surface area contributed by atoms with Crippen LogP contribution in [-0.2, 0) is 19.1 Å². The maximum absolute atomic E-state index is 12.9. The third kappa shape index (κ3) is 2.31. The highest BCUT2D eigenvalue weighted by Crippen LogP contribution is 2.42. The van der Waals surface area contributed by atoms with Crippen molar-refractivity contribution in [3.63, 3.8) is 0 Å². The first-order chi connectivity index (χ1) is 9.53. The Bertz CT molecular complexity index is 531. The average molecular weight is 278 g/mol. The molecular weight excluding hydrogens is 263 g/mol. The van der Waals surface area contributed by atoms with Crippen molar-refractivity contribution in [2.45, 2.75) is 12.3 Å². The number of halogens is 1. The Balaban J connectivity index is 2.29. The fourth-order valence-corrected chi connectivity index (χ4v) is 2.45. The van der Waals surface area contributed by atoms with E-state index in [1.807, 2.05) is 0 Å². The number of ether oxygens (including phenoxy) is 2. The first-order valence-electron chi connectivity index (χ1n) is 6.15. The van der Waals surface area contributed by atoms with Crippen LogP contribution in [0.5, 0.6) is 0 Å². The van der Waals surface area contributed by atoms with Gasteiger partial charge in [0.1, 0.15) is 5.82 Å². The van der Waals surface area contributed by atoms with Crippen LogP contribution in [0.1, 0.15) is 17.9 Å². The molecule has 0 unspecified atom stereocenters. The van der Waals surface area contributed by atoms with E-state index in [0.29, 0.717) is 0 Å². The molecule has 1 aromatic rings. The zero-order chi connectivity index (χ0) is 14.8. The lowest BCUT2D eigenvalue weighted by molar-refractivity contribution is -0.165. The summed E-state index contributed by atoms with van der Waals surface area (Å²) in [7, 11) is 2.46. The minimum Gasteiger partial charge on any atom is -0.468 e. The van der Waals surface area contributed by atoms with Crippen LogP contribution in [0.2, 0.25) is 0 Å². The monoisotopic (exact) mass is 278 g/mol. The van der Waals surface area contributed by atoms with Gasteiger partial charge in [-0.15, -0.1) is 0 Å². The largest absolute Gasteiger partial charge is 0.468 e. The van der Waals surface area contributed by atoms with Gasteiger partial charge in [-0.1, -0.05) is 24.3 Å². The molecule has 0 aromatic heterocycles. The highest BCUT2D eigenvalue weighted by Gasteiger charge is 2.50. The molecule has 2 rings (SSSR count). The third-order valence-corrected chi connectivity index (χ3v) is 3.55. The molecule has 1 aliphatic rings. The highest BCUT2D eigenvalue weighted by molar-refractivity contribution is 6.03. The Labute approximate surface area is 116 Å². The third-order valence-electron chi connectivity index (χ3n) is 3.55. The fraction of sp³-hybridized carbons (Fsp3) is 0.333. The standard InChI is InChI=1S/C15H15FO4/c1-19-13(17)15(14(18)20-2)8-7-11(9-15)10-3-5-12(16)6-4-10/h3-8,11H,9H2,1-2H3/t11-/m0/s1. The van der Waals surface area contributed by atoms with E-state index in [2.05, 4.69) is 0 Å². The van der Waals surface area contributed by atoms with Crippen LogP contribution in [0, 0.1) is 11.2 Å². The summed E-state index contributed by atoms with van der Waals surface area (Å²) in [5, 5.41) is 0. The van der Waals surface area contributed by atoms with E-state index in [1.54, 1.807) is 18.2 Å². The summed E-state index contributed by atoms with van der Waals surface area (Å²) in [6.07, 6.45) is 3.48. The summed E-state index contributed by atoms with van der Waals surface area (Å²) in [6.45, 7) is 0. The van der Waals surface area contributed by atoms with E-state index in [-0.39, 0.29) is 18.2 Å². The lowest BCUT2D eigenvalue weighted by atomic mass is 9.83. The van der Waals surface area contributed by atoms with E-state index in [0.717, 1.165) is 5.56 Å². The fourth-order valence-electron chi connectivity index (χ4n) is 2.45. The second-order valence-electron chi connectivity index (χ2n) is 4.68. The molecule has 4 nitrogen and oxygen atoms in total. The van der Waals surface area contributed by atoms with Gasteiger partial charge in [0.15, 0.2) is 5.41 Å². The van der Waals surface area contributed by atoms with E-state index in [1.165, 1.54) is 32.4 Å². The summed E-state index contributed by atoms with van der Waals surface area (Å²) in [5.41, 5.74) is -0.583. The predicted octanol–water partition coefficient (Wildman–Crippen LogP) is 2.20. The molecule has 0 saturated carbocycles. The number of rotatable bonds is 3. The Morgan fingerprint density at radius 3 is 2.20 bits per heavy atom. The summed E-state index contributed by atoms with van der Waals surface area (Å²) < 4.78 is 22.4. The Hall–Kier alpha value is -2.17. The van der Waals surface area contributed by atoms with Crippen LogP contribution in [-0.4, -0.2) is 26.2 Å². The van der Waals surface area contributed by atoms with Gasteiger partial charge in [0, 0.05) is 5.92 Å². The molecule has 5 heteroatoms. The molecule has 0 aliphatic heterocycles. The molecule has 0 heterocycles. The van der Waals surface area contributed by atoms with Crippen LogP contribution in [0.4, 0.5) is 4.39 Å². The molecule has 0 saturated heterocycles. The van der Waals surface area contributed by atoms with Crippen LogP contribution < -0.4 is 0 Å². The smallest absolute Gasteiger partial charge is 0.327 e. The van der Waals surface area contributed by atoms with E-state index >= 15 is 0 Å². The predicted molar refractivity (Wildman–Crippen MR) is 69.4 cm³/mol. The number of carbonyl (C=O) groups is 2. The molecular formula is C15H15FO4. The molecule has 0 amide bonds. The number of benzene rings is 1. The number of methoxy groups -OCH3 is 2. The van der Waals surface area contributed by atoms with Crippen LogP contribution >= 0.6 is 0 Å². The summed E-state index contributed by atoms with van der Waals surface area (Å²) in [4.78, 5) is 23.9. The Morgan fingerprint density at radius 2 is 1.70 bits per heavy atom. The molecule has 0 bridgehead atoms. The lowest BCUT2D eigenvalue weighted by Gasteiger charge is -2.22. The van der Waals surface area contributed by atoms with Gasteiger partial charge in [0.2, 0.25) is 0 Å². The lowest BCUT2D eigenvalue weighted by Crippen LogP contribution is -2.38. The van der Waals surface area contributed by atoms with Gasteiger partial charge in [-0.3, -0.25) is 9.59 Å². The second kappa shape index (κ2) is 5.45. The van der Waals surface area contributed by atoms with Crippen LogP contribution in [0.15, 0.2) is 36.4 Å². The van der Waals surface area contributed by atoms with Gasteiger partial charge in [0.05, 0.1) is 14.2 Å². The molecule has 0 spiro atoms. The molecule has 0 fully saturated rings. The minimum absolute atomic E-state index is 0.159. The van der Waals surface area contributed by atoms with Crippen molar-refractivity contribution >= 4 is 11.9 Å². The topological polar surface area (TPSA) is 52.6 Å². The number of hydrogen-bond acceptors (Lipinski definition) is 4. The number of carbonyl (C=O) groups excluding carboxylic acids is 2. The first kappa shape index (κ1) is 14.2. The molecule has 0 radical (unpaired) electrons. The summed E-state index contributed by atoms with van der Waals surface area (Å²) >= 11 is 0. The Morgan fingerprint density at radius 1 is 1.15 bits per heavy atom. The first-order valence-corrected chi connectivity index (χ1v) is 6.15. The van der Waals surface area contributed by atoms with E-state index in [4.69, 9.17) is 9.47 Å². The SMILES string of the molecule is COC(=O)C1(C(=O)OC)C=C[C@H](c2ccc(F)cc2)C1. The van der Waals surface area contributed by atoms with Gasteiger partial charge in [-0.05, 0) is 24.1 Å². The Kier molecular flexibility index (Phi) is 3.88. The van der Waals surface area contributed by atoms with E-state index in [9.17, 15) is 14.0 Å². The van der Waals surface area contributed by atoms with Gasteiger partial charge >= 0.3 is 11.9 Å². The summed E-state index contributed by atoms with van der Waals surface area (Å²) in [6, 6.07) is 5.96. The molecule has 1 aromatic carbocycles. The molecule has 1 atom stereocenters. The van der Waals surface area contributed by atoms with E-state index < -0.39 is 17.4 Å². The van der Waals surface area contributed by atoms with Crippen LogP contribution in [0.3, 0.4) is 0 Å². The minimum atomic E-state index is -1.41. The number of esters is 2. The zero-order valence-electron chi connectivity index (χ0n) is 11.3. The molecule has 0 N–H and O–H groups in total. The molecule has 1 aliphatic carbocycles. The van der Waals surface area contributed by atoms with Crippen molar-refractivity contribution in [3.8, 4) is 0 Å². The van der Waals surface area contributed by atoms with Gasteiger partial charge < -0.3 is 9.47 Å². The quantitative estimate of drug-likeness (QED) is 0.483. The van der Waals surface area contributed by atoms with Crippen molar-refractivity contribution in [1.29, 1.82) is 0 Å². The number of hydrogen-bond donors (Lipinski definition) is 0. The maximum Gasteiger partial charge on any atom is 0.327 e. The zero-order valence-corrected chi connectivity index (χ0v) is 11.3. The maximum atomic E-state index is 12.9. The average Bonchev–Trinajstić information content (AvgIpc) is 2.92. The molecule has 106 valence electrons. The van der Waals surface area contributed by atoms with Gasteiger partial charge in [-0.25, -0.2) is 4.39 Å². The van der Waals surface area contributed by atoms with Gasteiger partial charge in [0.25, 0.3) is 0 Å².